The van der Waals surface area contributed by atoms with E-state index in [9.17, 15) is 4.79 Å². The van der Waals surface area contributed by atoms with Crippen molar-refractivity contribution in [3.63, 3.8) is 0 Å². The lowest BCUT2D eigenvalue weighted by Gasteiger charge is -2.32. The predicted molar refractivity (Wildman–Crippen MR) is 62.9 cm³/mol. The lowest BCUT2D eigenvalue weighted by Crippen LogP contribution is -2.46. The molecule has 0 aromatic carbocycles. The first-order valence-corrected chi connectivity index (χ1v) is 5.58. The highest BCUT2D eigenvalue weighted by Gasteiger charge is 2.27. The van der Waals surface area contributed by atoms with E-state index in [2.05, 4.69) is 9.72 Å². The lowest BCUT2D eigenvalue weighted by molar-refractivity contribution is -0.154. The molecule has 0 saturated carbocycles. The van der Waals surface area contributed by atoms with E-state index >= 15 is 0 Å². The van der Waals surface area contributed by atoms with Crippen molar-refractivity contribution in [1.29, 1.82) is 0 Å². The summed E-state index contributed by atoms with van der Waals surface area (Å²) in [6.45, 7) is 3.76. The molecular weight excluding hydrogens is 220 g/mol. The number of carbonyl (C=O) groups excluding carboxylic acids is 1. The summed E-state index contributed by atoms with van der Waals surface area (Å²) < 4.78 is 10.1. The number of aryl methyl sites for hydroxylation is 1. The zero-order valence-corrected chi connectivity index (χ0v) is 10.0. The SMILES string of the molecule is COC(=O)C1CN(c2cc(C)ccn2)CCO1. The van der Waals surface area contributed by atoms with E-state index in [1.54, 1.807) is 6.20 Å². The summed E-state index contributed by atoms with van der Waals surface area (Å²) in [5, 5.41) is 0. The minimum Gasteiger partial charge on any atom is -0.467 e. The van der Waals surface area contributed by atoms with E-state index in [0.717, 1.165) is 17.9 Å². The monoisotopic (exact) mass is 236 g/mol. The van der Waals surface area contributed by atoms with E-state index < -0.39 is 6.10 Å². The van der Waals surface area contributed by atoms with E-state index in [0.29, 0.717) is 13.2 Å². The van der Waals surface area contributed by atoms with Crippen molar-refractivity contribution in [3.05, 3.63) is 23.9 Å². The Bertz CT molecular complexity index is 408. The summed E-state index contributed by atoms with van der Waals surface area (Å²) in [6, 6.07) is 3.95. The van der Waals surface area contributed by atoms with E-state index in [1.165, 1.54) is 7.11 Å². The van der Waals surface area contributed by atoms with Crippen LogP contribution in [0.25, 0.3) is 0 Å². The number of aromatic nitrogens is 1. The second-order valence-corrected chi connectivity index (χ2v) is 4.02. The van der Waals surface area contributed by atoms with Crippen LogP contribution in [-0.4, -0.2) is 43.9 Å². The summed E-state index contributed by atoms with van der Waals surface area (Å²) in [4.78, 5) is 17.8. The molecule has 0 spiro atoms. The van der Waals surface area contributed by atoms with Crippen LogP contribution in [0.15, 0.2) is 18.3 Å². The highest BCUT2D eigenvalue weighted by atomic mass is 16.6. The summed E-state index contributed by atoms with van der Waals surface area (Å²) in [7, 11) is 1.37. The third-order valence-corrected chi connectivity index (χ3v) is 2.76. The average molecular weight is 236 g/mol. The fourth-order valence-corrected chi connectivity index (χ4v) is 1.82. The zero-order valence-electron chi connectivity index (χ0n) is 10.0. The van der Waals surface area contributed by atoms with E-state index in [-0.39, 0.29) is 5.97 Å². The number of nitrogens with zero attached hydrogens (tertiary/aromatic N) is 2. The predicted octanol–water partition coefficient (Wildman–Crippen LogP) is 0.768. The van der Waals surface area contributed by atoms with Crippen molar-refractivity contribution in [2.75, 3.05) is 31.7 Å². The van der Waals surface area contributed by atoms with E-state index in [4.69, 9.17) is 4.74 Å². The van der Waals surface area contributed by atoms with Crippen LogP contribution in [0.4, 0.5) is 5.82 Å². The maximum Gasteiger partial charge on any atom is 0.336 e. The van der Waals surface area contributed by atoms with Gasteiger partial charge in [0.2, 0.25) is 0 Å². The van der Waals surface area contributed by atoms with Crippen molar-refractivity contribution in [3.8, 4) is 0 Å². The van der Waals surface area contributed by atoms with Crippen LogP contribution in [0.1, 0.15) is 5.56 Å². The number of carbonyl (C=O) groups is 1. The third-order valence-electron chi connectivity index (χ3n) is 2.76. The Kier molecular flexibility index (Phi) is 3.58. The largest absolute Gasteiger partial charge is 0.467 e. The molecule has 0 amide bonds. The summed E-state index contributed by atoms with van der Waals surface area (Å²) >= 11 is 0. The smallest absolute Gasteiger partial charge is 0.336 e. The molecule has 1 atom stereocenters. The van der Waals surface area contributed by atoms with Crippen LogP contribution >= 0.6 is 0 Å². The molecule has 2 rings (SSSR count). The molecule has 1 aromatic heterocycles. The Morgan fingerprint density at radius 2 is 2.47 bits per heavy atom. The van der Waals surface area contributed by atoms with Gasteiger partial charge in [-0.05, 0) is 24.6 Å². The van der Waals surface area contributed by atoms with Gasteiger partial charge in [0.15, 0.2) is 6.10 Å². The van der Waals surface area contributed by atoms with Gasteiger partial charge in [0, 0.05) is 12.7 Å². The lowest BCUT2D eigenvalue weighted by atomic mass is 10.2. The Morgan fingerprint density at radius 3 is 3.18 bits per heavy atom. The van der Waals surface area contributed by atoms with Crippen molar-refractivity contribution in [2.45, 2.75) is 13.0 Å². The minimum atomic E-state index is -0.518. The van der Waals surface area contributed by atoms with E-state index in [1.807, 2.05) is 24.0 Å². The number of esters is 1. The Morgan fingerprint density at radius 1 is 1.65 bits per heavy atom. The van der Waals surface area contributed by atoms with Gasteiger partial charge in [-0.15, -0.1) is 0 Å². The Balaban J connectivity index is 2.09. The molecule has 2 heterocycles. The molecule has 5 nitrogen and oxygen atoms in total. The minimum absolute atomic E-state index is 0.331. The number of hydrogen-bond acceptors (Lipinski definition) is 5. The molecule has 1 aliphatic heterocycles. The van der Waals surface area contributed by atoms with Gasteiger partial charge in [0.25, 0.3) is 0 Å². The van der Waals surface area contributed by atoms with Crippen molar-refractivity contribution >= 4 is 11.8 Å². The number of rotatable bonds is 2. The number of hydrogen-bond donors (Lipinski definition) is 0. The number of anilines is 1. The molecule has 0 N–H and O–H groups in total. The molecule has 0 aliphatic carbocycles. The number of ether oxygens (including phenoxy) is 2. The fourth-order valence-electron chi connectivity index (χ4n) is 1.82. The topological polar surface area (TPSA) is 51.7 Å². The van der Waals surface area contributed by atoms with Crippen LogP contribution in [0, 0.1) is 6.92 Å². The van der Waals surface area contributed by atoms with Crippen LogP contribution < -0.4 is 4.90 Å². The second kappa shape index (κ2) is 5.14. The molecule has 1 unspecified atom stereocenters. The van der Waals surface area contributed by atoms with Crippen molar-refractivity contribution in [1.82, 2.24) is 4.98 Å². The van der Waals surface area contributed by atoms with Crippen LogP contribution in [0.5, 0.6) is 0 Å². The van der Waals surface area contributed by atoms with Crippen molar-refractivity contribution in [2.24, 2.45) is 0 Å². The summed E-state index contributed by atoms with van der Waals surface area (Å²) in [5.74, 6) is 0.546. The number of morpholine rings is 1. The Labute approximate surface area is 100 Å². The molecule has 92 valence electrons. The van der Waals surface area contributed by atoms with Gasteiger partial charge in [-0.2, -0.15) is 0 Å². The Hall–Kier alpha value is -1.62. The van der Waals surface area contributed by atoms with Gasteiger partial charge < -0.3 is 14.4 Å². The van der Waals surface area contributed by atoms with Gasteiger partial charge in [0.05, 0.1) is 20.3 Å². The highest BCUT2D eigenvalue weighted by molar-refractivity contribution is 5.75. The zero-order chi connectivity index (χ0) is 12.3. The standard InChI is InChI=1S/C12H16N2O3/c1-9-3-4-13-11(7-9)14-5-6-17-10(8-14)12(15)16-2/h3-4,7,10H,5-6,8H2,1-2H3. The van der Waals surface area contributed by atoms with Crippen LogP contribution in [0.2, 0.25) is 0 Å². The third kappa shape index (κ3) is 2.74. The molecule has 0 radical (unpaired) electrons. The maximum absolute atomic E-state index is 11.4. The van der Waals surface area contributed by atoms with Gasteiger partial charge in [-0.25, -0.2) is 9.78 Å². The normalized spacial score (nSPS) is 20.1. The fraction of sp³-hybridized carbons (Fsp3) is 0.500. The second-order valence-electron chi connectivity index (χ2n) is 4.02. The summed E-state index contributed by atoms with van der Waals surface area (Å²) in [5.41, 5.74) is 1.15. The quantitative estimate of drug-likeness (QED) is 0.710. The summed E-state index contributed by atoms with van der Waals surface area (Å²) in [6.07, 6.45) is 1.25. The average Bonchev–Trinajstić information content (AvgIpc) is 2.38. The van der Waals surface area contributed by atoms with Gasteiger partial charge >= 0.3 is 5.97 Å². The van der Waals surface area contributed by atoms with Crippen molar-refractivity contribution < 1.29 is 14.3 Å². The number of methoxy groups -OCH3 is 1. The van der Waals surface area contributed by atoms with Crippen LogP contribution in [-0.2, 0) is 14.3 Å². The molecular formula is C12H16N2O3. The molecule has 5 heteroatoms. The maximum atomic E-state index is 11.4. The molecule has 1 saturated heterocycles. The first-order chi connectivity index (χ1) is 8.20. The first-order valence-electron chi connectivity index (χ1n) is 5.58. The highest BCUT2D eigenvalue weighted by Crippen LogP contribution is 2.16. The van der Waals surface area contributed by atoms with Crippen LogP contribution in [0.3, 0.4) is 0 Å². The van der Waals surface area contributed by atoms with Gasteiger partial charge in [-0.3, -0.25) is 0 Å². The molecule has 1 aliphatic rings. The first kappa shape index (κ1) is 11.9. The molecule has 1 aromatic rings. The number of pyridine rings is 1. The van der Waals surface area contributed by atoms with Gasteiger partial charge in [-0.1, -0.05) is 0 Å². The molecule has 0 bridgehead atoms. The molecule has 17 heavy (non-hydrogen) atoms. The molecule has 1 fully saturated rings. The van der Waals surface area contributed by atoms with Gasteiger partial charge in [0.1, 0.15) is 5.82 Å².